The van der Waals surface area contributed by atoms with Crippen LogP contribution < -0.4 is 0 Å². The van der Waals surface area contributed by atoms with Crippen molar-refractivity contribution in [2.24, 2.45) is 7.05 Å². The number of carboxylic acids is 1. The molecule has 1 atom stereocenters. The minimum atomic E-state index is -0.954. The third kappa shape index (κ3) is 2.47. The summed E-state index contributed by atoms with van der Waals surface area (Å²) >= 11 is 0. The van der Waals surface area contributed by atoms with Crippen LogP contribution in [0.4, 0.5) is 0 Å². The molecule has 1 fully saturated rings. The summed E-state index contributed by atoms with van der Waals surface area (Å²) in [5.74, 6) is -1.27. The first-order chi connectivity index (χ1) is 10.6. The van der Waals surface area contributed by atoms with Gasteiger partial charge in [0.2, 0.25) is 0 Å². The Morgan fingerprint density at radius 3 is 2.68 bits per heavy atom. The van der Waals surface area contributed by atoms with E-state index < -0.39 is 12.0 Å². The van der Waals surface area contributed by atoms with Crippen LogP contribution >= 0.6 is 0 Å². The average molecular weight is 299 g/mol. The fourth-order valence-corrected chi connectivity index (χ4v) is 2.86. The van der Waals surface area contributed by atoms with Gasteiger partial charge in [-0.3, -0.25) is 9.48 Å². The van der Waals surface area contributed by atoms with Crippen molar-refractivity contribution >= 4 is 11.9 Å². The topological polar surface area (TPSA) is 75.4 Å². The van der Waals surface area contributed by atoms with Gasteiger partial charge in [-0.15, -0.1) is 0 Å². The first-order valence-electron chi connectivity index (χ1n) is 7.21. The first kappa shape index (κ1) is 14.3. The van der Waals surface area contributed by atoms with Gasteiger partial charge in [0.15, 0.2) is 5.69 Å². The fourth-order valence-electron chi connectivity index (χ4n) is 2.86. The number of hydrogen-bond acceptors (Lipinski definition) is 3. The number of likely N-dealkylation sites (tertiary alicyclic amines) is 1. The van der Waals surface area contributed by atoms with Gasteiger partial charge in [0, 0.05) is 13.6 Å². The molecule has 2 aromatic rings. The Morgan fingerprint density at radius 1 is 1.27 bits per heavy atom. The van der Waals surface area contributed by atoms with Crippen LogP contribution in [0.5, 0.6) is 0 Å². The first-order valence-corrected chi connectivity index (χ1v) is 7.21. The van der Waals surface area contributed by atoms with Crippen molar-refractivity contribution in [1.29, 1.82) is 0 Å². The van der Waals surface area contributed by atoms with Crippen molar-refractivity contribution < 1.29 is 14.7 Å². The molecule has 6 heteroatoms. The number of carboxylic acid groups (broad SMARTS) is 1. The van der Waals surface area contributed by atoms with Gasteiger partial charge in [-0.1, -0.05) is 30.3 Å². The van der Waals surface area contributed by atoms with Crippen LogP contribution in [-0.2, 0) is 11.8 Å². The number of aryl methyl sites for hydroxylation is 1. The lowest BCUT2D eigenvalue weighted by molar-refractivity contribution is -0.141. The zero-order chi connectivity index (χ0) is 15.7. The predicted octanol–water partition coefficient (Wildman–Crippen LogP) is 1.78. The summed E-state index contributed by atoms with van der Waals surface area (Å²) in [6.45, 7) is 0.465. The predicted molar refractivity (Wildman–Crippen MR) is 80.3 cm³/mol. The largest absolute Gasteiger partial charge is 0.480 e. The molecule has 0 aliphatic carbocycles. The second-order valence-corrected chi connectivity index (χ2v) is 5.40. The molecule has 1 unspecified atom stereocenters. The van der Waals surface area contributed by atoms with Crippen molar-refractivity contribution in [1.82, 2.24) is 14.7 Å². The van der Waals surface area contributed by atoms with E-state index >= 15 is 0 Å². The van der Waals surface area contributed by atoms with E-state index in [0.717, 1.165) is 11.3 Å². The van der Waals surface area contributed by atoms with Crippen LogP contribution in [0.25, 0.3) is 11.3 Å². The second kappa shape index (κ2) is 5.63. The van der Waals surface area contributed by atoms with Crippen molar-refractivity contribution in [2.45, 2.75) is 18.9 Å². The maximum atomic E-state index is 12.5. The van der Waals surface area contributed by atoms with Gasteiger partial charge in [-0.25, -0.2) is 4.79 Å². The van der Waals surface area contributed by atoms with Gasteiger partial charge in [-0.2, -0.15) is 5.10 Å². The van der Waals surface area contributed by atoms with Crippen molar-refractivity contribution in [3.63, 3.8) is 0 Å². The quantitative estimate of drug-likeness (QED) is 0.937. The lowest BCUT2D eigenvalue weighted by Gasteiger charge is -2.19. The molecule has 1 aromatic heterocycles. The van der Waals surface area contributed by atoms with Crippen LogP contribution in [0.3, 0.4) is 0 Å². The number of hydrogen-bond donors (Lipinski definition) is 1. The van der Waals surface area contributed by atoms with E-state index in [-0.39, 0.29) is 11.6 Å². The van der Waals surface area contributed by atoms with Crippen LogP contribution in [0.15, 0.2) is 36.4 Å². The molecule has 2 heterocycles. The van der Waals surface area contributed by atoms with Crippen molar-refractivity contribution in [2.75, 3.05) is 6.54 Å². The van der Waals surface area contributed by atoms with Crippen molar-refractivity contribution in [3.8, 4) is 11.3 Å². The van der Waals surface area contributed by atoms with Crippen LogP contribution in [-0.4, -0.2) is 44.3 Å². The Balaban J connectivity index is 1.90. The highest BCUT2D eigenvalue weighted by atomic mass is 16.4. The molecule has 1 aliphatic heterocycles. The minimum absolute atomic E-state index is 0.287. The average Bonchev–Trinajstić information content (AvgIpc) is 3.14. The Kier molecular flexibility index (Phi) is 3.66. The van der Waals surface area contributed by atoms with E-state index in [1.165, 1.54) is 4.90 Å². The number of rotatable bonds is 3. The summed E-state index contributed by atoms with van der Waals surface area (Å²) < 4.78 is 1.65. The van der Waals surface area contributed by atoms with Gasteiger partial charge in [0.25, 0.3) is 5.91 Å². The van der Waals surface area contributed by atoms with Gasteiger partial charge >= 0.3 is 5.97 Å². The summed E-state index contributed by atoms with van der Waals surface area (Å²) in [6, 6.07) is 10.6. The molecule has 3 rings (SSSR count). The molecule has 0 saturated carbocycles. The highest BCUT2D eigenvalue weighted by Gasteiger charge is 2.35. The smallest absolute Gasteiger partial charge is 0.326 e. The van der Waals surface area contributed by atoms with E-state index in [4.69, 9.17) is 0 Å². The molecule has 0 spiro atoms. The molecule has 0 radical (unpaired) electrons. The lowest BCUT2D eigenvalue weighted by Crippen LogP contribution is -2.40. The monoisotopic (exact) mass is 299 g/mol. The summed E-state index contributed by atoms with van der Waals surface area (Å²) in [4.78, 5) is 25.2. The normalized spacial score (nSPS) is 17.7. The number of aliphatic carboxylic acids is 1. The molecule has 114 valence electrons. The zero-order valence-electron chi connectivity index (χ0n) is 12.3. The van der Waals surface area contributed by atoms with Gasteiger partial charge in [0.05, 0.1) is 5.69 Å². The van der Waals surface area contributed by atoms with E-state index in [9.17, 15) is 14.7 Å². The number of benzene rings is 1. The Labute approximate surface area is 128 Å². The van der Waals surface area contributed by atoms with E-state index in [0.29, 0.717) is 19.4 Å². The number of carbonyl (C=O) groups excluding carboxylic acids is 1. The van der Waals surface area contributed by atoms with Gasteiger partial charge in [0.1, 0.15) is 6.04 Å². The Hall–Kier alpha value is -2.63. The highest BCUT2D eigenvalue weighted by molar-refractivity contribution is 5.96. The third-order valence-electron chi connectivity index (χ3n) is 3.97. The molecule has 6 nitrogen and oxygen atoms in total. The third-order valence-corrected chi connectivity index (χ3v) is 3.97. The van der Waals surface area contributed by atoms with Crippen LogP contribution in [0, 0.1) is 0 Å². The molecular formula is C16H17N3O3. The number of carbonyl (C=O) groups is 2. The van der Waals surface area contributed by atoms with Crippen LogP contribution in [0.2, 0.25) is 0 Å². The van der Waals surface area contributed by atoms with E-state index in [1.807, 2.05) is 30.3 Å². The Morgan fingerprint density at radius 2 is 2.00 bits per heavy atom. The number of aromatic nitrogens is 2. The van der Waals surface area contributed by atoms with Crippen molar-refractivity contribution in [3.05, 3.63) is 42.1 Å². The lowest BCUT2D eigenvalue weighted by atomic mass is 10.1. The minimum Gasteiger partial charge on any atom is -0.480 e. The fraction of sp³-hybridized carbons (Fsp3) is 0.312. The molecule has 1 aliphatic rings. The second-order valence-electron chi connectivity index (χ2n) is 5.40. The molecule has 1 aromatic carbocycles. The molecular weight excluding hydrogens is 282 g/mol. The summed E-state index contributed by atoms with van der Waals surface area (Å²) in [6.07, 6.45) is 1.21. The summed E-state index contributed by atoms with van der Waals surface area (Å²) in [5.41, 5.74) is 2.08. The zero-order valence-corrected chi connectivity index (χ0v) is 12.3. The maximum absolute atomic E-state index is 12.5. The molecule has 0 bridgehead atoms. The van der Waals surface area contributed by atoms with Gasteiger partial charge in [-0.05, 0) is 24.5 Å². The van der Waals surface area contributed by atoms with E-state index in [1.54, 1.807) is 17.8 Å². The standard InChI is InChI=1S/C16H17N3O3/c1-18-14(11-6-3-2-4-7-11)10-12(17-18)15(20)19-9-5-8-13(19)16(21)22/h2-4,6-7,10,13H,5,8-9H2,1H3,(H,21,22). The van der Waals surface area contributed by atoms with Crippen LogP contribution in [0.1, 0.15) is 23.3 Å². The molecule has 1 N–H and O–H groups in total. The summed E-state index contributed by atoms with van der Waals surface area (Å²) in [5, 5.41) is 13.5. The number of amides is 1. The highest BCUT2D eigenvalue weighted by Crippen LogP contribution is 2.23. The number of nitrogens with zero attached hydrogens (tertiary/aromatic N) is 3. The molecule has 1 amide bonds. The maximum Gasteiger partial charge on any atom is 0.326 e. The SMILES string of the molecule is Cn1nc(C(=O)N2CCCC2C(=O)O)cc1-c1ccccc1. The molecule has 1 saturated heterocycles. The molecule has 22 heavy (non-hydrogen) atoms. The Bertz CT molecular complexity index is 709. The van der Waals surface area contributed by atoms with E-state index in [2.05, 4.69) is 5.10 Å². The van der Waals surface area contributed by atoms with Gasteiger partial charge < -0.3 is 10.0 Å². The summed E-state index contributed by atoms with van der Waals surface area (Å²) in [7, 11) is 1.78.